The topological polar surface area (TPSA) is 32.8 Å². The minimum atomic E-state index is -0.432. The average molecular weight is 995 g/mol. The molecule has 0 spiro atoms. The number of allylic oxidation sites excluding steroid dienone is 2. The first-order valence-electron chi connectivity index (χ1n) is 27.8. The number of hydrogen-bond acceptors (Lipinski definition) is 4. The maximum atomic E-state index is 7.17. The summed E-state index contributed by atoms with van der Waals surface area (Å²) in [6.45, 7) is 9.99. The van der Waals surface area contributed by atoms with Gasteiger partial charge >= 0.3 is 0 Å². The lowest BCUT2D eigenvalue weighted by Crippen LogP contribution is -2.54. The van der Waals surface area contributed by atoms with Crippen LogP contribution in [0.25, 0.3) is 93.2 Å². The molecule has 77 heavy (non-hydrogen) atoms. The summed E-state index contributed by atoms with van der Waals surface area (Å²) in [7, 11) is 0. The van der Waals surface area contributed by atoms with Gasteiger partial charge in [0.15, 0.2) is 5.58 Å². The molecule has 3 atom stereocenters. The van der Waals surface area contributed by atoms with Crippen LogP contribution < -0.4 is 9.80 Å². The second-order valence-electron chi connectivity index (χ2n) is 23.3. The monoisotopic (exact) mass is 994 g/mol. The molecule has 372 valence electrons. The van der Waals surface area contributed by atoms with Crippen molar-refractivity contribution in [3.8, 4) is 22.3 Å². The Morgan fingerprint density at radius 2 is 1.18 bits per heavy atom. The average Bonchev–Trinajstić information content (AvgIpc) is 3.62. The summed E-state index contributed by atoms with van der Waals surface area (Å²) in [6, 6.07) is 72.2. The van der Waals surface area contributed by atoms with Crippen LogP contribution in [-0.4, -0.2) is 11.6 Å². The van der Waals surface area contributed by atoms with E-state index in [1.807, 2.05) is 0 Å². The van der Waals surface area contributed by atoms with E-state index in [-0.39, 0.29) is 17.0 Å². The number of furan rings is 2. The first-order valence-corrected chi connectivity index (χ1v) is 27.8. The summed E-state index contributed by atoms with van der Waals surface area (Å²) in [4.78, 5) is 5.27. The van der Waals surface area contributed by atoms with E-state index in [0.717, 1.165) is 68.1 Å². The van der Waals surface area contributed by atoms with Gasteiger partial charge in [0.25, 0.3) is 0 Å². The van der Waals surface area contributed by atoms with Gasteiger partial charge < -0.3 is 18.6 Å². The van der Waals surface area contributed by atoms with Gasteiger partial charge in [-0.15, -0.1) is 0 Å². The lowest BCUT2D eigenvalue weighted by atomic mass is 9.61. The molecule has 3 heterocycles. The van der Waals surface area contributed by atoms with Gasteiger partial charge in [-0.1, -0.05) is 191 Å². The molecule has 0 amide bonds. The molecular weight excluding hydrogens is 937 g/mol. The fourth-order valence-corrected chi connectivity index (χ4v) is 15.5. The molecule has 0 N–H and O–H groups in total. The minimum Gasteiger partial charge on any atom is -0.455 e. The highest BCUT2D eigenvalue weighted by Crippen LogP contribution is 2.63. The summed E-state index contributed by atoms with van der Waals surface area (Å²) in [5.41, 5.74) is 19.6. The molecule has 12 aromatic rings. The lowest BCUT2D eigenvalue weighted by Gasteiger charge is -2.50. The van der Waals surface area contributed by atoms with E-state index in [0.29, 0.717) is 0 Å². The normalized spacial score (nSPS) is 20.3. The Labute approximate surface area is 449 Å². The first-order chi connectivity index (χ1) is 37.7. The Morgan fingerprint density at radius 3 is 2.01 bits per heavy atom. The van der Waals surface area contributed by atoms with Crippen molar-refractivity contribution in [3.63, 3.8) is 0 Å². The molecule has 3 unspecified atom stereocenters. The zero-order chi connectivity index (χ0) is 51.4. The van der Waals surface area contributed by atoms with Crippen molar-refractivity contribution in [3.05, 3.63) is 235 Å². The van der Waals surface area contributed by atoms with Crippen molar-refractivity contribution in [1.82, 2.24) is 0 Å². The molecule has 4 aliphatic rings. The van der Waals surface area contributed by atoms with Crippen molar-refractivity contribution in [1.29, 1.82) is 0 Å². The maximum absolute atomic E-state index is 7.17. The fourth-order valence-electron chi connectivity index (χ4n) is 15.5. The van der Waals surface area contributed by atoms with Crippen LogP contribution in [0.5, 0.6) is 0 Å². The maximum Gasteiger partial charge on any atom is 0.159 e. The molecular formula is C73H58N2O2. The second kappa shape index (κ2) is 16.2. The summed E-state index contributed by atoms with van der Waals surface area (Å²) in [5.74, 6) is 0. The zero-order valence-corrected chi connectivity index (χ0v) is 44.0. The zero-order valence-electron chi connectivity index (χ0n) is 44.0. The second-order valence-corrected chi connectivity index (χ2v) is 23.3. The standard InChI is InChI=1S/C73H58N2O2/c1-71(2)67-54-39-38-47(74(60-33-14-10-26-49(60)45-22-6-5-7-23-45)62-35-21-31-55-51-28-11-16-36-63(51)76-69(55)62)43-56(54)50-27-8-9-30-53(50)66(67)58-44-57-52-29-12-17-37-64(52)77-70(57)65(68(58)71)46-24-20-25-48(42-46)75-61-34-15-13-32-59(61)72(3)40-18-19-41-73(72,75)4/h5-17,20-32,34-39,42-44,60H,18-19,33,40-41H2,1-4H3. The quantitative estimate of drug-likeness (QED) is 0.155. The number of para-hydroxylation sites is 4. The van der Waals surface area contributed by atoms with Crippen molar-refractivity contribution in [2.75, 3.05) is 9.80 Å². The molecule has 1 fully saturated rings. The number of benzene rings is 10. The van der Waals surface area contributed by atoms with E-state index < -0.39 is 5.41 Å². The van der Waals surface area contributed by atoms with Crippen LogP contribution in [0.2, 0.25) is 0 Å². The van der Waals surface area contributed by atoms with E-state index in [1.165, 1.54) is 102 Å². The van der Waals surface area contributed by atoms with Gasteiger partial charge in [-0.2, -0.15) is 0 Å². The van der Waals surface area contributed by atoms with Crippen LogP contribution in [0.1, 0.15) is 82.1 Å². The molecule has 0 saturated heterocycles. The van der Waals surface area contributed by atoms with Crippen LogP contribution in [0.4, 0.5) is 22.7 Å². The third-order valence-corrected chi connectivity index (χ3v) is 19.1. The smallest absolute Gasteiger partial charge is 0.159 e. The molecule has 0 radical (unpaired) electrons. The fraction of sp³-hybridized carbons (Fsp3) is 0.178. The van der Waals surface area contributed by atoms with E-state index >= 15 is 0 Å². The molecule has 3 aliphatic carbocycles. The Morgan fingerprint density at radius 1 is 0.506 bits per heavy atom. The van der Waals surface area contributed by atoms with Gasteiger partial charge in [0, 0.05) is 55.0 Å². The van der Waals surface area contributed by atoms with E-state index in [1.54, 1.807) is 0 Å². The lowest BCUT2D eigenvalue weighted by molar-refractivity contribution is 0.195. The molecule has 10 aromatic carbocycles. The predicted molar refractivity (Wildman–Crippen MR) is 322 cm³/mol. The number of fused-ring (bicyclic) bond motifs is 17. The third-order valence-electron chi connectivity index (χ3n) is 19.1. The van der Waals surface area contributed by atoms with Gasteiger partial charge in [0.05, 0.1) is 17.3 Å². The minimum absolute atomic E-state index is 0.00730. The number of nitrogens with zero attached hydrogens (tertiary/aromatic N) is 2. The van der Waals surface area contributed by atoms with Crippen LogP contribution >= 0.6 is 0 Å². The van der Waals surface area contributed by atoms with Gasteiger partial charge in [-0.3, -0.25) is 0 Å². The highest BCUT2D eigenvalue weighted by atomic mass is 16.3. The molecule has 4 heteroatoms. The van der Waals surface area contributed by atoms with E-state index in [9.17, 15) is 0 Å². The summed E-state index contributed by atoms with van der Waals surface area (Å²) in [5, 5.41) is 9.56. The Kier molecular flexibility index (Phi) is 9.40. The van der Waals surface area contributed by atoms with Gasteiger partial charge in [-0.05, 0) is 147 Å². The van der Waals surface area contributed by atoms with Crippen LogP contribution in [0.15, 0.2) is 221 Å². The largest absolute Gasteiger partial charge is 0.455 e. The summed E-state index contributed by atoms with van der Waals surface area (Å²) < 4.78 is 14.1. The van der Waals surface area contributed by atoms with Crippen LogP contribution in [0.3, 0.4) is 0 Å². The Balaban J connectivity index is 0.936. The molecule has 16 rings (SSSR count). The van der Waals surface area contributed by atoms with Crippen molar-refractivity contribution < 1.29 is 8.83 Å². The van der Waals surface area contributed by atoms with Gasteiger partial charge in [-0.25, -0.2) is 0 Å². The Hall–Kier alpha value is -8.60. The number of hydrogen-bond donors (Lipinski definition) is 0. The van der Waals surface area contributed by atoms with E-state index in [2.05, 4.69) is 250 Å². The number of rotatable bonds is 6. The predicted octanol–water partition coefficient (Wildman–Crippen LogP) is 20.1. The summed E-state index contributed by atoms with van der Waals surface area (Å²) in [6.07, 6.45) is 12.5. The van der Waals surface area contributed by atoms with Gasteiger partial charge in [0.2, 0.25) is 0 Å². The molecule has 4 nitrogen and oxygen atoms in total. The molecule has 2 aromatic heterocycles. The SMILES string of the molecule is CC1(C)c2c(cc3c(oc4ccccc43)c2-c2cccc(N3c4ccccc4C4(C)CCCCC34C)c2)-c2c1c1ccc(N(c3cccc4c3oc3ccccc34)C3CC=CC=C3c3ccccc3)cc1c1ccccc21. The highest BCUT2D eigenvalue weighted by molar-refractivity contribution is 6.22. The molecule has 0 bridgehead atoms. The number of anilines is 4. The molecule has 1 saturated carbocycles. The van der Waals surface area contributed by atoms with Crippen molar-refractivity contribution in [2.45, 2.75) is 82.2 Å². The Bertz CT molecular complexity index is 4530. The first kappa shape index (κ1) is 44.7. The van der Waals surface area contributed by atoms with Gasteiger partial charge in [0.1, 0.15) is 16.7 Å². The molecule has 1 aliphatic heterocycles. The van der Waals surface area contributed by atoms with Crippen molar-refractivity contribution in [2.24, 2.45) is 0 Å². The third kappa shape index (κ3) is 6.10. The summed E-state index contributed by atoms with van der Waals surface area (Å²) >= 11 is 0. The van der Waals surface area contributed by atoms with E-state index in [4.69, 9.17) is 8.83 Å². The van der Waals surface area contributed by atoms with Crippen LogP contribution in [-0.2, 0) is 10.8 Å². The van der Waals surface area contributed by atoms with Crippen LogP contribution in [0, 0.1) is 0 Å². The van der Waals surface area contributed by atoms with Crippen molar-refractivity contribution >= 4 is 93.7 Å². The highest BCUT2D eigenvalue weighted by Gasteiger charge is 2.57.